The van der Waals surface area contributed by atoms with Crippen molar-refractivity contribution in [1.82, 2.24) is 9.97 Å². The van der Waals surface area contributed by atoms with Gasteiger partial charge in [0.1, 0.15) is 6.33 Å². The second-order valence-corrected chi connectivity index (χ2v) is 3.97. The maximum atomic E-state index is 9.36. The van der Waals surface area contributed by atoms with Gasteiger partial charge in [0.2, 0.25) is 5.88 Å². The van der Waals surface area contributed by atoms with Crippen LogP contribution in [0.2, 0.25) is 0 Å². The summed E-state index contributed by atoms with van der Waals surface area (Å²) in [6.45, 7) is 0. The molecule has 0 saturated heterocycles. The number of hydrogen-bond donors (Lipinski definition) is 1. The molecule has 5 nitrogen and oxygen atoms in total. The van der Waals surface area contributed by atoms with Gasteiger partial charge in [-0.05, 0) is 11.6 Å². The van der Waals surface area contributed by atoms with Crippen LogP contribution in [0.4, 0.5) is 0 Å². The van der Waals surface area contributed by atoms with Crippen molar-refractivity contribution in [2.75, 3.05) is 0 Å². The first-order chi connectivity index (χ1) is 7.84. The summed E-state index contributed by atoms with van der Waals surface area (Å²) in [5.41, 5.74) is 1.72. The molecule has 0 radical (unpaired) electrons. The van der Waals surface area contributed by atoms with Crippen LogP contribution in [0.5, 0.6) is 0 Å². The van der Waals surface area contributed by atoms with Gasteiger partial charge >= 0.3 is 0 Å². The summed E-state index contributed by atoms with van der Waals surface area (Å²) in [6, 6.07) is 3.76. The summed E-state index contributed by atoms with van der Waals surface area (Å²) in [7, 11) is 0. The lowest BCUT2D eigenvalue weighted by atomic mass is 10.1. The van der Waals surface area contributed by atoms with E-state index >= 15 is 0 Å². The summed E-state index contributed by atoms with van der Waals surface area (Å²) >= 11 is 1.21. The van der Waals surface area contributed by atoms with E-state index in [1.807, 2.05) is 12.1 Å². The first-order valence-corrected chi connectivity index (χ1v) is 5.33. The van der Waals surface area contributed by atoms with Gasteiger partial charge in [-0.1, -0.05) is 6.07 Å². The first kappa shape index (κ1) is 9.29. The molecule has 1 aromatic heterocycles. The predicted molar refractivity (Wildman–Crippen MR) is 60.9 cm³/mol. The maximum absolute atomic E-state index is 9.36. The molecule has 2 aromatic rings. The Hall–Kier alpha value is -1.95. The van der Waals surface area contributed by atoms with Crippen molar-refractivity contribution < 1.29 is 5.11 Å². The number of hydrogen-bond acceptors (Lipinski definition) is 6. The third kappa shape index (κ3) is 1.43. The van der Waals surface area contributed by atoms with E-state index < -0.39 is 0 Å². The minimum absolute atomic E-state index is 0.0950. The third-order valence-electron chi connectivity index (χ3n) is 2.23. The summed E-state index contributed by atoms with van der Waals surface area (Å²) in [4.78, 5) is 9.06. The number of benzene rings is 1. The van der Waals surface area contributed by atoms with E-state index in [9.17, 15) is 5.11 Å². The zero-order valence-corrected chi connectivity index (χ0v) is 8.85. The van der Waals surface area contributed by atoms with E-state index in [2.05, 4.69) is 19.6 Å². The van der Waals surface area contributed by atoms with Crippen molar-refractivity contribution >= 4 is 28.9 Å². The number of aliphatic hydroxyl groups is 1. The fraction of sp³-hybridized carbons (Fsp3) is 0. The fourth-order valence-corrected chi connectivity index (χ4v) is 2.23. The quantitative estimate of drug-likeness (QED) is 0.706. The number of nitrogens with zero attached hydrogens (tertiary/aromatic N) is 4. The van der Waals surface area contributed by atoms with Gasteiger partial charge in [0, 0.05) is 29.6 Å². The molecule has 0 fully saturated rings. The molecule has 1 aliphatic rings. The highest BCUT2D eigenvalue weighted by Gasteiger charge is 2.11. The second kappa shape index (κ2) is 3.57. The molecule has 0 amide bonds. The van der Waals surface area contributed by atoms with Crippen LogP contribution < -0.4 is 0 Å². The molecule has 0 atom stereocenters. The lowest BCUT2D eigenvalue weighted by Gasteiger charge is -2.03. The highest BCUT2D eigenvalue weighted by atomic mass is 32.2. The van der Waals surface area contributed by atoms with E-state index in [1.54, 1.807) is 12.3 Å². The fourth-order valence-electron chi connectivity index (χ4n) is 1.53. The van der Waals surface area contributed by atoms with Gasteiger partial charge in [-0.25, -0.2) is 9.97 Å². The first-order valence-electron chi connectivity index (χ1n) is 4.56. The van der Waals surface area contributed by atoms with Crippen molar-refractivity contribution in [2.45, 2.75) is 4.90 Å². The topological polar surface area (TPSA) is 70.7 Å². The van der Waals surface area contributed by atoms with Gasteiger partial charge < -0.3 is 5.11 Å². The summed E-state index contributed by atoms with van der Waals surface area (Å²) in [5.74, 6) is -0.0950. The maximum Gasteiger partial charge on any atom is 0.232 e. The molecule has 16 heavy (non-hydrogen) atoms. The SMILES string of the molecule is OC1=Cc2ccc3ncncc3c2SN=N1. The van der Waals surface area contributed by atoms with Gasteiger partial charge in [0.25, 0.3) is 0 Å². The lowest BCUT2D eigenvalue weighted by Crippen LogP contribution is -1.86. The molecule has 0 saturated carbocycles. The highest BCUT2D eigenvalue weighted by Crippen LogP contribution is 2.34. The molecular formula is C10H6N4OS. The minimum Gasteiger partial charge on any atom is -0.492 e. The molecule has 0 spiro atoms. The second-order valence-electron chi connectivity index (χ2n) is 3.21. The van der Waals surface area contributed by atoms with Crippen LogP contribution in [0.1, 0.15) is 5.56 Å². The van der Waals surface area contributed by atoms with Crippen LogP contribution in [-0.2, 0) is 0 Å². The van der Waals surface area contributed by atoms with Gasteiger partial charge in [-0.3, -0.25) is 0 Å². The zero-order valence-electron chi connectivity index (χ0n) is 8.03. The normalized spacial score (nSPS) is 14.4. The van der Waals surface area contributed by atoms with Crippen molar-refractivity contribution in [3.63, 3.8) is 0 Å². The molecule has 3 rings (SSSR count). The van der Waals surface area contributed by atoms with Gasteiger partial charge in [-0.15, -0.1) is 9.63 Å². The van der Waals surface area contributed by atoms with Crippen molar-refractivity contribution in [3.8, 4) is 0 Å². The molecule has 6 heteroatoms. The van der Waals surface area contributed by atoms with Gasteiger partial charge in [0.05, 0.1) is 10.4 Å². The van der Waals surface area contributed by atoms with Gasteiger partial charge in [-0.2, -0.15) is 0 Å². The molecule has 0 aliphatic carbocycles. The monoisotopic (exact) mass is 230 g/mol. The largest absolute Gasteiger partial charge is 0.492 e. The Morgan fingerprint density at radius 3 is 3.12 bits per heavy atom. The Morgan fingerprint density at radius 1 is 1.25 bits per heavy atom. The Balaban J connectivity index is 2.36. The Bertz CT molecular complexity index is 623. The average Bonchev–Trinajstić information content (AvgIpc) is 2.50. The molecule has 1 aliphatic heterocycles. The van der Waals surface area contributed by atoms with E-state index in [0.717, 1.165) is 21.4 Å². The molecule has 1 aromatic carbocycles. The molecular weight excluding hydrogens is 224 g/mol. The molecule has 2 heterocycles. The van der Waals surface area contributed by atoms with Crippen LogP contribution in [0.3, 0.4) is 0 Å². The van der Waals surface area contributed by atoms with Gasteiger partial charge in [0.15, 0.2) is 0 Å². The van der Waals surface area contributed by atoms with Crippen molar-refractivity contribution in [1.29, 1.82) is 0 Å². The summed E-state index contributed by atoms with van der Waals surface area (Å²) < 4.78 is 3.81. The zero-order chi connectivity index (χ0) is 11.0. The Labute approximate surface area is 95.1 Å². The molecule has 0 bridgehead atoms. The van der Waals surface area contributed by atoms with Crippen molar-refractivity contribution in [3.05, 3.63) is 36.1 Å². The van der Waals surface area contributed by atoms with Crippen LogP contribution in [0.25, 0.3) is 17.0 Å². The number of aliphatic hydroxyl groups excluding tert-OH is 1. The van der Waals surface area contributed by atoms with Crippen LogP contribution in [0, 0.1) is 0 Å². The Morgan fingerprint density at radius 2 is 2.19 bits per heavy atom. The minimum atomic E-state index is -0.0950. The van der Waals surface area contributed by atoms with Crippen LogP contribution in [-0.4, -0.2) is 15.1 Å². The number of aromatic nitrogens is 2. The number of fused-ring (bicyclic) bond motifs is 3. The standard InChI is InChI=1S/C10H6N4OS/c15-9-3-6-1-2-8-7(4-11-5-12-8)10(6)16-14-13-9/h1-5,15H. The number of rotatable bonds is 0. The molecule has 1 N–H and O–H groups in total. The Kier molecular flexibility index (Phi) is 2.07. The van der Waals surface area contributed by atoms with Crippen molar-refractivity contribution in [2.24, 2.45) is 9.63 Å². The van der Waals surface area contributed by atoms with E-state index in [1.165, 1.54) is 18.3 Å². The summed E-state index contributed by atoms with van der Waals surface area (Å²) in [5, 5.41) is 13.9. The van der Waals surface area contributed by atoms with E-state index in [-0.39, 0.29) is 5.88 Å². The summed E-state index contributed by atoms with van der Waals surface area (Å²) in [6.07, 6.45) is 4.82. The molecule has 0 unspecified atom stereocenters. The van der Waals surface area contributed by atoms with E-state index in [4.69, 9.17) is 0 Å². The lowest BCUT2D eigenvalue weighted by molar-refractivity contribution is 0.407. The molecule has 78 valence electrons. The van der Waals surface area contributed by atoms with E-state index in [0.29, 0.717) is 0 Å². The third-order valence-corrected chi connectivity index (χ3v) is 3.03. The van der Waals surface area contributed by atoms with Crippen LogP contribution in [0.15, 0.2) is 45.1 Å². The smallest absolute Gasteiger partial charge is 0.232 e. The van der Waals surface area contributed by atoms with Crippen LogP contribution >= 0.6 is 11.9 Å². The average molecular weight is 230 g/mol. The predicted octanol–water partition coefficient (Wildman–Crippen LogP) is 2.96. The highest BCUT2D eigenvalue weighted by molar-refractivity contribution is 7.98.